The summed E-state index contributed by atoms with van der Waals surface area (Å²) in [5.41, 5.74) is 0. The summed E-state index contributed by atoms with van der Waals surface area (Å²) in [6.45, 7) is 6.08. The number of rotatable bonds is 11. The average Bonchev–Trinajstić information content (AvgIpc) is 3.34. The zero-order valence-electron chi connectivity index (χ0n) is 15.5. The molecule has 1 aliphatic rings. The van der Waals surface area contributed by atoms with E-state index in [1.165, 1.54) is 0 Å². The van der Waals surface area contributed by atoms with Gasteiger partial charge < -0.3 is 29.8 Å². The number of hydrogen-bond donors (Lipinski definition) is 3. The van der Waals surface area contributed by atoms with Gasteiger partial charge in [-0.2, -0.15) is 0 Å². The molecule has 0 spiro atoms. The molecule has 1 saturated heterocycles. The summed E-state index contributed by atoms with van der Waals surface area (Å²) in [5.74, 6) is 1.19. The fraction of sp³-hybridized carbons (Fsp3) is 0.667. The number of ether oxygens (including phenoxy) is 2. The highest BCUT2D eigenvalue weighted by Gasteiger charge is 2.14. The fourth-order valence-corrected chi connectivity index (χ4v) is 2.52. The third kappa shape index (κ3) is 8.35. The second kappa shape index (κ2) is 12.3. The predicted molar refractivity (Wildman–Crippen MR) is 98.9 cm³/mol. The molecule has 0 aliphatic carbocycles. The van der Waals surface area contributed by atoms with E-state index in [9.17, 15) is 4.79 Å². The third-order valence-corrected chi connectivity index (χ3v) is 3.85. The van der Waals surface area contributed by atoms with Gasteiger partial charge in [-0.05, 0) is 38.3 Å². The normalized spacial score (nSPS) is 17.3. The van der Waals surface area contributed by atoms with Gasteiger partial charge in [0.2, 0.25) is 5.91 Å². The number of amides is 1. The number of guanidine groups is 1. The first-order valence-electron chi connectivity index (χ1n) is 9.28. The first-order valence-corrected chi connectivity index (χ1v) is 9.28. The van der Waals surface area contributed by atoms with E-state index < -0.39 is 0 Å². The van der Waals surface area contributed by atoms with Crippen LogP contribution < -0.4 is 16.0 Å². The lowest BCUT2D eigenvalue weighted by atomic mass is 10.2. The van der Waals surface area contributed by atoms with Crippen LogP contribution in [0.15, 0.2) is 27.8 Å². The molecule has 3 N–H and O–H groups in total. The zero-order valence-corrected chi connectivity index (χ0v) is 15.5. The van der Waals surface area contributed by atoms with E-state index in [0.29, 0.717) is 25.7 Å². The Kier molecular flexibility index (Phi) is 9.60. The minimum Gasteiger partial charge on any atom is -0.467 e. The molecule has 0 saturated carbocycles. The monoisotopic (exact) mass is 366 g/mol. The van der Waals surface area contributed by atoms with Gasteiger partial charge in [-0.25, -0.2) is 4.99 Å². The molecule has 26 heavy (non-hydrogen) atoms. The molecule has 1 aliphatic heterocycles. The van der Waals surface area contributed by atoms with Gasteiger partial charge in [0.1, 0.15) is 12.3 Å². The van der Waals surface area contributed by atoms with Gasteiger partial charge >= 0.3 is 0 Å². The van der Waals surface area contributed by atoms with Crippen molar-refractivity contribution in [2.75, 3.05) is 39.5 Å². The number of carbonyl (C=O) groups is 1. The smallest absolute Gasteiger partial charge is 0.242 e. The zero-order chi connectivity index (χ0) is 18.5. The molecule has 1 aromatic rings. The number of hydrogen-bond acceptors (Lipinski definition) is 5. The van der Waals surface area contributed by atoms with Crippen molar-refractivity contribution in [2.45, 2.75) is 38.8 Å². The molecule has 2 heterocycles. The molecular weight excluding hydrogens is 336 g/mol. The molecule has 0 aromatic carbocycles. The Morgan fingerprint density at radius 2 is 2.31 bits per heavy atom. The van der Waals surface area contributed by atoms with Crippen LogP contribution in [0.4, 0.5) is 0 Å². The van der Waals surface area contributed by atoms with Crippen molar-refractivity contribution in [1.82, 2.24) is 16.0 Å². The van der Waals surface area contributed by atoms with E-state index in [2.05, 4.69) is 20.9 Å². The molecule has 0 bridgehead atoms. The fourth-order valence-electron chi connectivity index (χ4n) is 2.52. The lowest BCUT2D eigenvalue weighted by Gasteiger charge is -2.12. The highest BCUT2D eigenvalue weighted by Crippen LogP contribution is 2.11. The van der Waals surface area contributed by atoms with Crippen LogP contribution >= 0.6 is 0 Å². The van der Waals surface area contributed by atoms with Crippen LogP contribution in [-0.4, -0.2) is 57.4 Å². The second-order valence-corrected chi connectivity index (χ2v) is 6.04. The molecule has 1 atom stereocenters. The van der Waals surface area contributed by atoms with Gasteiger partial charge in [0, 0.05) is 26.3 Å². The van der Waals surface area contributed by atoms with Crippen LogP contribution in [0.3, 0.4) is 0 Å². The van der Waals surface area contributed by atoms with Gasteiger partial charge in [-0.3, -0.25) is 4.79 Å². The van der Waals surface area contributed by atoms with Gasteiger partial charge in [-0.1, -0.05) is 0 Å². The summed E-state index contributed by atoms with van der Waals surface area (Å²) >= 11 is 0. The van der Waals surface area contributed by atoms with Crippen molar-refractivity contribution >= 4 is 11.9 Å². The molecule has 8 nitrogen and oxygen atoms in total. The predicted octanol–water partition coefficient (Wildman–Crippen LogP) is 1.04. The molecule has 2 rings (SSSR count). The number of nitrogens with zero attached hydrogens (tertiary/aromatic N) is 1. The van der Waals surface area contributed by atoms with Gasteiger partial charge in [0.05, 0.1) is 25.5 Å². The molecule has 1 aromatic heterocycles. The molecule has 1 amide bonds. The van der Waals surface area contributed by atoms with E-state index in [1.807, 2.05) is 13.0 Å². The number of furan rings is 1. The Morgan fingerprint density at radius 3 is 3.04 bits per heavy atom. The van der Waals surface area contributed by atoms with Crippen LogP contribution in [-0.2, 0) is 20.8 Å². The lowest BCUT2D eigenvalue weighted by molar-refractivity contribution is -0.119. The standard InChI is InChI=1S/C18H30N4O4/c1-2-19-18(20-8-5-9-24-14-16-7-4-11-26-16)22-13-17(23)21-12-15-6-3-10-25-15/h3,6,10,16H,2,4-5,7-9,11-14H2,1H3,(H,21,23)(H2,19,20,22). The van der Waals surface area contributed by atoms with Crippen molar-refractivity contribution in [3.63, 3.8) is 0 Å². The number of aliphatic imine (C=N–C) groups is 1. The Bertz CT molecular complexity index is 527. The average molecular weight is 366 g/mol. The van der Waals surface area contributed by atoms with Crippen LogP contribution in [0.1, 0.15) is 31.9 Å². The van der Waals surface area contributed by atoms with Crippen molar-refractivity contribution < 1.29 is 18.7 Å². The summed E-state index contributed by atoms with van der Waals surface area (Å²) in [5, 5.41) is 9.09. The Morgan fingerprint density at radius 1 is 1.38 bits per heavy atom. The molecular formula is C18H30N4O4. The third-order valence-electron chi connectivity index (χ3n) is 3.85. The van der Waals surface area contributed by atoms with E-state index in [4.69, 9.17) is 13.9 Å². The van der Waals surface area contributed by atoms with Gasteiger partial charge in [0.25, 0.3) is 0 Å². The molecule has 146 valence electrons. The Hall–Kier alpha value is -2.06. The molecule has 1 unspecified atom stereocenters. The largest absolute Gasteiger partial charge is 0.467 e. The number of nitrogens with one attached hydrogen (secondary N) is 3. The quantitative estimate of drug-likeness (QED) is 0.308. The first-order chi connectivity index (χ1) is 12.8. The topological polar surface area (TPSA) is 97.1 Å². The first kappa shape index (κ1) is 20.3. The second-order valence-electron chi connectivity index (χ2n) is 6.04. The van der Waals surface area contributed by atoms with E-state index >= 15 is 0 Å². The van der Waals surface area contributed by atoms with Gasteiger partial charge in [0.15, 0.2) is 5.96 Å². The highest BCUT2D eigenvalue weighted by molar-refractivity contribution is 5.84. The summed E-state index contributed by atoms with van der Waals surface area (Å²) in [7, 11) is 0. The van der Waals surface area contributed by atoms with Crippen molar-refractivity contribution in [3.05, 3.63) is 24.2 Å². The van der Waals surface area contributed by atoms with Crippen LogP contribution in [0.25, 0.3) is 0 Å². The minimum atomic E-state index is -0.154. The SMILES string of the molecule is CCNC(=NCC(=O)NCc1ccco1)NCCCOCC1CCCO1. The maximum absolute atomic E-state index is 11.8. The lowest BCUT2D eigenvalue weighted by Crippen LogP contribution is -2.39. The van der Waals surface area contributed by atoms with Crippen molar-refractivity contribution in [1.29, 1.82) is 0 Å². The van der Waals surface area contributed by atoms with Crippen LogP contribution in [0, 0.1) is 0 Å². The van der Waals surface area contributed by atoms with E-state index in [-0.39, 0.29) is 18.6 Å². The van der Waals surface area contributed by atoms with E-state index in [1.54, 1.807) is 12.3 Å². The summed E-state index contributed by atoms with van der Waals surface area (Å²) in [4.78, 5) is 16.1. The van der Waals surface area contributed by atoms with Crippen molar-refractivity contribution in [3.8, 4) is 0 Å². The molecule has 0 radical (unpaired) electrons. The summed E-state index contributed by atoms with van der Waals surface area (Å²) in [6, 6.07) is 3.60. The number of carbonyl (C=O) groups excluding carboxylic acids is 1. The minimum absolute atomic E-state index is 0.0611. The van der Waals surface area contributed by atoms with Crippen molar-refractivity contribution in [2.24, 2.45) is 4.99 Å². The molecule has 1 fully saturated rings. The highest BCUT2D eigenvalue weighted by atomic mass is 16.5. The van der Waals surface area contributed by atoms with E-state index in [0.717, 1.165) is 44.7 Å². The Balaban J connectivity index is 1.56. The summed E-state index contributed by atoms with van der Waals surface area (Å²) < 4.78 is 16.3. The maximum Gasteiger partial charge on any atom is 0.242 e. The molecule has 8 heteroatoms. The maximum atomic E-state index is 11.8. The Labute approximate surface area is 154 Å². The van der Waals surface area contributed by atoms with Crippen LogP contribution in [0.5, 0.6) is 0 Å². The summed E-state index contributed by atoms with van der Waals surface area (Å²) in [6.07, 6.45) is 4.94. The van der Waals surface area contributed by atoms with Gasteiger partial charge in [-0.15, -0.1) is 0 Å². The van der Waals surface area contributed by atoms with Crippen LogP contribution in [0.2, 0.25) is 0 Å².